The fourth-order valence-corrected chi connectivity index (χ4v) is 4.25. The zero-order valence-electron chi connectivity index (χ0n) is 19.8. The summed E-state index contributed by atoms with van der Waals surface area (Å²) in [5.74, 6) is -0.246. The van der Waals surface area contributed by atoms with Crippen molar-refractivity contribution in [2.24, 2.45) is 11.8 Å². The first-order valence-corrected chi connectivity index (χ1v) is 13.7. The summed E-state index contributed by atoms with van der Waals surface area (Å²) in [6, 6.07) is 0. The van der Waals surface area contributed by atoms with E-state index in [1.165, 1.54) is 0 Å². The van der Waals surface area contributed by atoms with Crippen LogP contribution < -0.4 is 0 Å². The molecule has 29 heavy (non-hydrogen) atoms. The largest absolute Gasteiger partial charge is 0.461 e. The van der Waals surface area contributed by atoms with E-state index < -0.39 is 8.32 Å². The fraction of sp³-hybridized carbons (Fsp3) is 0.708. The molecule has 0 unspecified atom stereocenters. The van der Waals surface area contributed by atoms with Crippen LogP contribution in [-0.4, -0.2) is 38.7 Å². The zero-order valence-corrected chi connectivity index (χ0v) is 20.8. The third kappa shape index (κ3) is 10.4. The van der Waals surface area contributed by atoms with Crippen LogP contribution in [0.15, 0.2) is 37.0 Å². The highest BCUT2D eigenvalue weighted by Crippen LogP contribution is 2.39. The molecule has 0 aromatic rings. The number of ether oxygens (including phenoxy) is 1. The van der Waals surface area contributed by atoms with Crippen LogP contribution in [-0.2, 0) is 14.0 Å². The first-order valence-electron chi connectivity index (χ1n) is 10.7. The second kappa shape index (κ2) is 13.2. The third-order valence-electron chi connectivity index (χ3n) is 5.74. The second-order valence-corrected chi connectivity index (χ2v) is 14.2. The van der Waals surface area contributed by atoms with Crippen molar-refractivity contribution in [1.82, 2.24) is 0 Å². The van der Waals surface area contributed by atoms with Crippen molar-refractivity contribution in [2.45, 2.75) is 84.5 Å². The number of esters is 1. The Kier molecular flexibility index (Phi) is 12.7. The van der Waals surface area contributed by atoms with Crippen LogP contribution in [0.25, 0.3) is 0 Å². The van der Waals surface area contributed by atoms with Crippen LogP contribution in [0, 0.1) is 11.8 Å². The predicted molar refractivity (Wildman–Crippen MR) is 125 cm³/mol. The van der Waals surface area contributed by atoms with E-state index in [4.69, 9.17) is 9.16 Å². The Bertz CT molecular complexity index is 546. The number of aliphatic hydroxyl groups excluding tert-OH is 1. The van der Waals surface area contributed by atoms with Gasteiger partial charge in [-0.05, 0) is 49.9 Å². The van der Waals surface area contributed by atoms with E-state index in [0.717, 1.165) is 24.8 Å². The van der Waals surface area contributed by atoms with Crippen molar-refractivity contribution in [3.05, 3.63) is 37.0 Å². The summed E-state index contributed by atoms with van der Waals surface area (Å²) in [6.45, 7) is 23.0. The molecule has 0 saturated carbocycles. The van der Waals surface area contributed by atoms with Crippen LogP contribution in [0.5, 0.6) is 0 Å². The normalized spacial score (nSPS) is 16.1. The summed E-state index contributed by atoms with van der Waals surface area (Å²) >= 11 is 0. The lowest BCUT2D eigenvalue weighted by molar-refractivity contribution is -0.142. The lowest BCUT2D eigenvalue weighted by Gasteiger charge is -2.42. The van der Waals surface area contributed by atoms with Gasteiger partial charge in [-0.25, -0.2) is 0 Å². The Morgan fingerprint density at radius 1 is 1.21 bits per heavy atom. The maximum Gasteiger partial charge on any atom is 0.306 e. The molecule has 0 aliphatic carbocycles. The SMILES string of the molecule is C=CCCCCC(=O)OCC(C)=C[C@@H](C)[C@H](O[Si](C)(C)C(C)(C)C)[C@H](C=C)CO. The van der Waals surface area contributed by atoms with Crippen molar-refractivity contribution in [1.29, 1.82) is 0 Å². The molecule has 0 amide bonds. The van der Waals surface area contributed by atoms with Gasteiger partial charge >= 0.3 is 5.97 Å². The monoisotopic (exact) mass is 424 g/mol. The number of unbranched alkanes of at least 4 members (excludes halogenated alkanes) is 2. The molecule has 0 radical (unpaired) electrons. The van der Waals surface area contributed by atoms with Crippen LogP contribution in [0.1, 0.15) is 60.3 Å². The van der Waals surface area contributed by atoms with Crippen molar-refractivity contribution in [2.75, 3.05) is 13.2 Å². The standard InChI is InChI=1S/C24H44O4Si/c1-10-12-13-14-15-22(26)27-18-19(3)16-20(4)23(21(11-2)17-25)28-29(8,9)24(5,6)7/h10-11,16,20-21,23,25H,1-2,12-15,17-18H2,3-9H3/t20-,21-,23+/m1/s1. The molecular weight excluding hydrogens is 380 g/mol. The van der Waals surface area contributed by atoms with Gasteiger partial charge in [-0.3, -0.25) is 4.79 Å². The molecule has 0 heterocycles. The number of carbonyl (C=O) groups excluding carboxylic acids is 1. The smallest absolute Gasteiger partial charge is 0.306 e. The topological polar surface area (TPSA) is 55.8 Å². The average molecular weight is 425 g/mol. The van der Waals surface area contributed by atoms with Crippen LogP contribution in [0.4, 0.5) is 0 Å². The van der Waals surface area contributed by atoms with Gasteiger partial charge in [0, 0.05) is 18.3 Å². The highest BCUT2D eigenvalue weighted by atomic mass is 28.4. The Labute approximate surface area is 180 Å². The Balaban J connectivity index is 5.05. The van der Waals surface area contributed by atoms with Crippen molar-refractivity contribution >= 4 is 14.3 Å². The first kappa shape index (κ1) is 27.8. The zero-order chi connectivity index (χ0) is 22.7. The van der Waals surface area contributed by atoms with E-state index in [1.54, 1.807) is 6.08 Å². The number of hydrogen-bond acceptors (Lipinski definition) is 4. The molecular formula is C24H44O4Si. The summed E-state index contributed by atoms with van der Waals surface area (Å²) in [7, 11) is -2.02. The Hall–Kier alpha value is -1.17. The third-order valence-corrected chi connectivity index (χ3v) is 10.2. The van der Waals surface area contributed by atoms with E-state index in [9.17, 15) is 9.90 Å². The minimum atomic E-state index is -2.02. The predicted octanol–water partition coefficient (Wildman–Crippen LogP) is 6.04. The van der Waals surface area contributed by atoms with E-state index in [1.807, 2.05) is 13.0 Å². The molecule has 168 valence electrons. The molecule has 0 fully saturated rings. The maximum atomic E-state index is 11.9. The Morgan fingerprint density at radius 2 is 1.83 bits per heavy atom. The summed E-state index contributed by atoms with van der Waals surface area (Å²) in [5.41, 5.74) is 0.988. The van der Waals surface area contributed by atoms with E-state index in [2.05, 4.69) is 60.0 Å². The lowest BCUT2D eigenvalue weighted by atomic mass is 9.91. The first-order chi connectivity index (χ1) is 13.4. The molecule has 0 spiro atoms. The molecule has 0 aliphatic heterocycles. The molecule has 0 aromatic carbocycles. The Morgan fingerprint density at radius 3 is 2.31 bits per heavy atom. The maximum absolute atomic E-state index is 11.9. The van der Waals surface area contributed by atoms with Gasteiger partial charge in [0.2, 0.25) is 0 Å². The van der Waals surface area contributed by atoms with Crippen LogP contribution in [0.2, 0.25) is 18.1 Å². The minimum Gasteiger partial charge on any atom is -0.461 e. The number of allylic oxidation sites excluding steroid dienone is 1. The van der Waals surface area contributed by atoms with E-state index in [0.29, 0.717) is 6.42 Å². The number of hydrogen-bond donors (Lipinski definition) is 1. The highest BCUT2D eigenvalue weighted by molar-refractivity contribution is 6.74. The average Bonchev–Trinajstić information content (AvgIpc) is 2.62. The summed E-state index contributed by atoms with van der Waals surface area (Å²) < 4.78 is 12.1. The van der Waals surface area contributed by atoms with Gasteiger partial charge in [0.1, 0.15) is 6.61 Å². The van der Waals surface area contributed by atoms with Gasteiger partial charge in [-0.1, -0.05) is 45.9 Å². The quantitative estimate of drug-likeness (QED) is 0.160. The fourth-order valence-electron chi connectivity index (χ4n) is 2.83. The van der Waals surface area contributed by atoms with Crippen LogP contribution >= 0.6 is 0 Å². The number of carbonyl (C=O) groups is 1. The second-order valence-electron chi connectivity index (χ2n) is 9.49. The lowest BCUT2D eigenvalue weighted by Crippen LogP contribution is -2.47. The summed E-state index contributed by atoms with van der Waals surface area (Å²) in [4.78, 5) is 11.9. The molecule has 1 N–H and O–H groups in total. The highest BCUT2D eigenvalue weighted by Gasteiger charge is 2.41. The van der Waals surface area contributed by atoms with Gasteiger partial charge in [-0.15, -0.1) is 13.2 Å². The molecule has 0 saturated heterocycles. The van der Waals surface area contributed by atoms with Gasteiger partial charge in [-0.2, -0.15) is 0 Å². The minimum absolute atomic E-state index is 0.000286. The summed E-state index contributed by atoms with van der Waals surface area (Å²) in [6.07, 6.45) is 8.72. The molecule has 5 heteroatoms. The molecule has 0 aromatic heterocycles. The van der Waals surface area contributed by atoms with Crippen molar-refractivity contribution < 1.29 is 19.1 Å². The molecule has 3 atom stereocenters. The van der Waals surface area contributed by atoms with E-state index >= 15 is 0 Å². The number of rotatable bonds is 14. The van der Waals surface area contributed by atoms with Crippen LogP contribution in [0.3, 0.4) is 0 Å². The number of aliphatic hydroxyl groups is 1. The van der Waals surface area contributed by atoms with E-state index in [-0.39, 0.29) is 42.2 Å². The van der Waals surface area contributed by atoms with Gasteiger partial charge in [0.25, 0.3) is 0 Å². The van der Waals surface area contributed by atoms with Crippen molar-refractivity contribution in [3.63, 3.8) is 0 Å². The van der Waals surface area contributed by atoms with Crippen molar-refractivity contribution in [3.8, 4) is 0 Å². The summed E-state index contributed by atoms with van der Waals surface area (Å²) in [5, 5.41) is 9.92. The van der Waals surface area contributed by atoms with Gasteiger partial charge in [0.05, 0.1) is 12.7 Å². The molecule has 4 nitrogen and oxygen atoms in total. The molecule has 0 aliphatic rings. The molecule has 0 rings (SSSR count). The molecule has 0 bridgehead atoms. The van der Waals surface area contributed by atoms with Gasteiger partial charge in [0.15, 0.2) is 8.32 Å². The van der Waals surface area contributed by atoms with Gasteiger partial charge < -0.3 is 14.3 Å².